The maximum absolute atomic E-state index is 6.44. The molecule has 0 aromatic heterocycles. The van der Waals surface area contributed by atoms with Crippen molar-refractivity contribution in [3.8, 4) is 11.1 Å². The minimum Gasteiger partial charge on any atom is -0.0837 e. The fourth-order valence-electron chi connectivity index (χ4n) is 2.43. The lowest BCUT2D eigenvalue weighted by Gasteiger charge is -2.18. The summed E-state index contributed by atoms with van der Waals surface area (Å²) in [5.74, 6) is 0. The molecule has 0 heterocycles. The molecule has 0 bridgehead atoms. The fraction of sp³-hybridized carbons (Fsp3) is 0.250. The van der Waals surface area contributed by atoms with Gasteiger partial charge >= 0.3 is 0 Å². The first-order valence-electron chi connectivity index (χ1n) is 6.16. The number of benzene rings is 2. The van der Waals surface area contributed by atoms with Crippen LogP contribution in [0, 0.1) is 34.8 Å². The Hall–Kier alpha value is 0.480. The summed E-state index contributed by atoms with van der Waals surface area (Å²) in [6.07, 6.45) is 0. The molecular formula is C16H14Cl2I2. The number of rotatable bonds is 1. The SMILES string of the molecule is Cc1cc(I)c(-c2c(I)cc(C)c(Cl)c2C)c(C)c1Cl. The molecule has 106 valence electrons. The van der Waals surface area contributed by atoms with Crippen molar-refractivity contribution in [1.82, 2.24) is 0 Å². The molecule has 0 aliphatic carbocycles. The number of hydrogen-bond acceptors (Lipinski definition) is 0. The molecule has 0 spiro atoms. The van der Waals surface area contributed by atoms with Crippen molar-refractivity contribution in [2.75, 3.05) is 0 Å². The Balaban J connectivity index is 2.90. The maximum Gasteiger partial charge on any atom is 0.0471 e. The van der Waals surface area contributed by atoms with Crippen LogP contribution < -0.4 is 0 Å². The molecule has 0 aliphatic rings. The van der Waals surface area contributed by atoms with Gasteiger partial charge in [0.25, 0.3) is 0 Å². The van der Waals surface area contributed by atoms with Crippen molar-refractivity contribution in [1.29, 1.82) is 0 Å². The van der Waals surface area contributed by atoms with Gasteiger partial charge in [0.15, 0.2) is 0 Å². The van der Waals surface area contributed by atoms with Crippen LogP contribution in [0.4, 0.5) is 0 Å². The highest BCUT2D eigenvalue weighted by Crippen LogP contribution is 2.41. The second kappa shape index (κ2) is 6.31. The van der Waals surface area contributed by atoms with Crippen LogP contribution in [0.3, 0.4) is 0 Å². The molecule has 2 rings (SSSR count). The van der Waals surface area contributed by atoms with E-state index >= 15 is 0 Å². The van der Waals surface area contributed by atoms with Crippen molar-refractivity contribution in [2.45, 2.75) is 27.7 Å². The Morgan fingerprint density at radius 2 is 1.00 bits per heavy atom. The molecule has 0 unspecified atom stereocenters. The monoisotopic (exact) mass is 530 g/mol. The molecule has 0 fully saturated rings. The Morgan fingerprint density at radius 3 is 1.30 bits per heavy atom. The van der Waals surface area contributed by atoms with Gasteiger partial charge in [0.05, 0.1) is 0 Å². The minimum absolute atomic E-state index is 0.840. The Morgan fingerprint density at radius 1 is 0.700 bits per heavy atom. The predicted molar refractivity (Wildman–Crippen MR) is 106 cm³/mol. The molecule has 2 aromatic rings. The molecule has 4 heteroatoms. The molecule has 0 aliphatic heterocycles. The second-order valence-electron chi connectivity index (χ2n) is 4.98. The van der Waals surface area contributed by atoms with Gasteiger partial charge in [0.2, 0.25) is 0 Å². The van der Waals surface area contributed by atoms with Crippen molar-refractivity contribution < 1.29 is 0 Å². The molecule has 0 saturated carbocycles. The molecule has 0 saturated heterocycles. The molecule has 2 aromatic carbocycles. The van der Waals surface area contributed by atoms with Crippen LogP contribution in [-0.2, 0) is 0 Å². The summed E-state index contributed by atoms with van der Waals surface area (Å²) in [6, 6.07) is 4.27. The van der Waals surface area contributed by atoms with Gasteiger partial charge in [-0.25, -0.2) is 0 Å². The molecule has 20 heavy (non-hydrogen) atoms. The van der Waals surface area contributed by atoms with Gasteiger partial charge < -0.3 is 0 Å². The average molecular weight is 531 g/mol. The van der Waals surface area contributed by atoms with Gasteiger partial charge in [-0.1, -0.05) is 23.2 Å². The Bertz CT molecular complexity index is 645. The van der Waals surface area contributed by atoms with Crippen LogP contribution >= 0.6 is 68.4 Å². The summed E-state index contributed by atoms with van der Waals surface area (Å²) >= 11 is 17.6. The van der Waals surface area contributed by atoms with Crippen LogP contribution in [0.15, 0.2) is 12.1 Å². The van der Waals surface area contributed by atoms with E-state index in [2.05, 4.69) is 71.2 Å². The van der Waals surface area contributed by atoms with E-state index in [-0.39, 0.29) is 0 Å². The Kier molecular flexibility index (Phi) is 5.31. The summed E-state index contributed by atoms with van der Waals surface area (Å²) in [7, 11) is 0. The summed E-state index contributed by atoms with van der Waals surface area (Å²) < 4.78 is 2.42. The molecule has 0 nitrogen and oxygen atoms in total. The minimum atomic E-state index is 0.840. The summed E-state index contributed by atoms with van der Waals surface area (Å²) in [6.45, 7) is 8.24. The third kappa shape index (κ3) is 2.85. The lowest BCUT2D eigenvalue weighted by atomic mass is 9.94. The molecule has 0 N–H and O–H groups in total. The maximum atomic E-state index is 6.44. The van der Waals surface area contributed by atoms with E-state index in [4.69, 9.17) is 23.2 Å². The topological polar surface area (TPSA) is 0 Å². The molecule has 0 atom stereocenters. The first kappa shape index (κ1) is 16.8. The number of hydrogen-bond donors (Lipinski definition) is 0. The predicted octanol–water partition coefficient (Wildman–Crippen LogP) is 7.10. The van der Waals surface area contributed by atoms with Crippen molar-refractivity contribution >= 4 is 68.4 Å². The van der Waals surface area contributed by atoms with E-state index in [1.54, 1.807) is 0 Å². The average Bonchev–Trinajstić information content (AvgIpc) is 2.37. The summed E-state index contributed by atoms with van der Waals surface area (Å²) in [5, 5.41) is 1.68. The number of aryl methyl sites for hydroxylation is 2. The van der Waals surface area contributed by atoms with Crippen LogP contribution in [0.25, 0.3) is 11.1 Å². The first-order valence-corrected chi connectivity index (χ1v) is 9.07. The van der Waals surface area contributed by atoms with Crippen LogP contribution in [-0.4, -0.2) is 0 Å². The lowest BCUT2D eigenvalue weighted by molar-refractivity contribution is 1.31. The first-order chi connectivity index (χ1) is 9.25. The highest BCUT2D eigenvalue weighted by atomic mass is 127. The smallest absolute Gasteiger partial charge is 0.0471 e. The fourth-order valence-corrected chi connectivity index (χ4v) is 5.02. The van der Waals surface area contributed by atoms with Gasteiger partial charge in [0.1, 0.15) is 0 Å². The van der Waals surface area contributed by atoms with Crippen LogP contribution in [0.2, 0.25) is 10.0 Å². The van der Waals surface area contributed by atoms with Crippen LogP contribution in [0.5, 0.6) is 0 Å². The third-order valence-electron chi connectivity index (χ3n) is 3.52. The zero-order valence-electron chi connectivity index (χ0n) is 11.7. The zero-order chi connectivity index (χ0) is 15.2. The highest BCUT2D eigenvalue weighted by molar-refractivity contribution is 14.1. The quantitative estimate of drug-likeness (QED) is 0.345. The zero-order valence-corrected chi connectivity index (χ0v) is 17.5. The van der Waals surface area contributed by atoms with Gasteiger partial charge in [0, 0.05) is 28.3 Å². The highest BCUT2D eigenvalue weighted by Gasteiger charge is 2.18. The summed E-state index contributed by atoms with van der Waals surface area (Å²) in [5.41, 5.74) is 6.87. The van der Waals surface area contributed by atoms with Crippen LogP contribution in [0.1, 0.15) is 22.3 Å². The van der Waals surface area contributed by atoms with E-state index in [0.717, 1.165) is 32.3 Å². The largest absolute Gasteiger partial charge is 0.0837 e. The van der Waals surface area contributed by atoms with E-state index in [9.17, 15) is 0 Å². The van der Waals surface area contributed by atoms with Gasteiger partial charge in [-0.15, -0.1) is 0 Å². The second-order valence-corrected chi connectivity index (χ2v) is 8.06. The van der Waals surface area contributed by atoms with Crippen molar-refractivity contribution in [2.24, 2.45) is 0 Å². The van der Waals surface area contributed by atoms with E-state index in [1.165, 1.54) is 18.3 Å². The summed E-state index contributed by atoms with van der Waals surface area (Å²) in [4.78, 5) is 0. The van der Waals surface area contributed by atoms with E-state index in [1.807, 2.05) is 13.8 Å². The van der Waals surface area contributed by atoms with E-state index in [0.29, 0.717) is 0 Å². The normalized spacial score (nSPS) is 11.0. The Labute approximate surface area is 157 Å². The van der Waals surface area contributed by atoms with Gasteiger partial charge in [-0.3, -0.25) is 0 Å². The van der Waals surface area contributed by atoms with Gasteiger partial charge in [-0.05, 0) is 107 Å². The number of halogens is 4. The lowest BCUT2D eigenvalue weighted by Crippen LogP contribution is -1.98. The van der Waals surface area contributed by atoms with E-state index < -0.39 is 0 Å². The standard InChI is InChI=1S/C16H14Cl2I2/c1-7-5-11(19)13(9(3)15(7)17)14-10(4)16(18)8(2)6-12(14)20/h5-6H,1-4H3. The molecule has 0 radical (unpaired) electrons. The molecular weight excluding hydrogens is 517 g/mol. The third-order valence-corrected chi connectivity index (χ3v) is 6.38. The van der Waals surface area contributed by atoms with Crippen molar-refractivity contribution in [3.63, 3.8) is 0 Å². The van der Waals surface area contributed by atoms with Crippen molar-refractivity contribution in [3.05, 3.63) is 51.6 Å². The molecule has 0 amide bonds. The van der Waals surface area contributed by atoms with Gasteiger partial charge in [-0.2, -0.15) is 0 Å².